The molecule has 0 bridgehead atoms. The van der Waals surface area contributed by atoms with Gasteiger partial charge in [-0.3, -0.25) is 4.79 Å². The fourth-order valence-electron chi connectivity index (χ4n) is 3.36. The maximum Gasteiger partial charge on any atom is 0.241 e. The summed E-state index contributed by atoms with van der Waals surface area (Å²) >= 11 is 0. The molecule has 1 aromatic heterocycles. The van der Waals surface area contributed by atoms with E-state index in [4.69, 9.17) is 4.74 Å². The highest BCUT2D eigenvalue weighted by Gasteiger charge is 2.28. The molecule has 0 radical (unpaired) electrons. The van der Waals surface area contributed by atoms with E-state index in [9.17, 15) is 4.79 Å². The molecule has 1 aliphatic heterocycles. The molecule has 6 nitrogen and oxygen atoms in total. The number of nitrogens with one attached hydrogen (secondary N) is 1. The molecule has 1 aliphatic rings. The van der Waals surface area contributed by atoms with Crippen molar-refractivity contribution < 1.29 is 9.53 Å². The Kier molecular flexibility index (Phi) is 5.81. The molecule has 0 aliphatic carbocycles. The Balaban J connectivity index is 1.52. The summed E-state index contributed by atoms with van der Waals surface area (Å²) in [6.45, 7) is 6.01. The van der Waals surface area contributed by atoms with Crippen LogP contribution in [0.15, 0.2) is 36.7 Å². The van der Waals surface area contributed by atoms with Crippen LogP contribution in [0.5, 0.6) is 0 Å². The van der Waals surface area contributed by atoms with Crippen molar-refractivity contribution in [3.8, 4) is 11.4 Å². The molecule has 1 aromatic carbocycles. The lowest BCUT2D eigenvalue weighted by molar-refractivity contribution is -0.122. The zero-order valence-electron chi connectivity index (χ0n) is 14.9. The second-order valence-corrected chi connectivity index (χ2v) is 6.92. The smallest absolute Gasteiger partial charge is 0.241 e. The molecule has 6 heteroatoms. The molecule has 1 fully saturated rings. The normalized spacial score (nSPS) is 20.6. The van der Waals surface area contributed by atoms with E-state index in [2.05, 4.69) is 29.2 Å². The van der Waals surface area contributed by atoms with Crippen LogP contribution in [0.1, 0.15) is 26.7 Å². The van der Waals surface area contributed by atoms with E-state index in [0.717, 1.165) is 25.0 Å². The third-order valence-corrected chi connectivity index (χ3v) is 4.59. The van der Waals surface area contributed by atoms with Crippen molar-refractivity contribution in [1.82, 2.24) is 20.1 Å². The lowest BCUT2D eigenvalue weighted by Crippen LogP contribution is -2.42. The maximum absolute atomic E-state index is 12.2. The van der Waals surface area contributed by atoms with Crippen LogP contribution in [0.3, 0.4) is 0 Å². The average molecular weight is 342 g/mol. The van der Waals surface area contributed by atoms with Crippen LogP contribution in [0.2, 0.25) is 0 Å². The minimum absolute atomic E-state index is 0.0439. The molecule has 1 N–H and O–H groups in total. The van der Waals surface area contributed by atoms with Crippen molar-refractivity contribution in [1.29, 1.82) is 0 Å². The Morgan fingerprint density at radius 3 is 2.92 bits per heavy atom. The van der Waals surface area contributed by atoms with Gasteiger partial charge in [0.05, 0.1) is 6.10 Å². The van der Waals surface area contributed by atoms with Gasteiger partial charge in [-0.2, -0.15) is 5.10 Å². The third kappa shape index (κ3) is 4.66. The van der Waals surface area contributed by atoms with Gasteiger partial charge in [-0.15, -0.1) is 0 Å². The first kappa shape index (κ1) is 17.6. The molecule has 2 heterocycles. The van der Waals surface area contributed by atoms with Gasteiger partial charge in [-0.1, -0.05) is 44.2 Å². The fourth-order valence-corrected chi connectivity index (χ4v) is 3.36. The van der Waals surface area contributed by atoms with Crippen LogP contribution in [-0.4, -0.2) is 39.9 Å². The summed E-state index contributed by atoms with van der Waals surface area (Å²) in [5.74, 6) is 1.44. The number of benzene rings is 1. The zero-order chi connectivity index (χ0) is 17.6. The summed E-state index contributed by atoms with van der Waals surface area (Å²) in [6, 6.07) is 9.75. The molecule has 25 heavy (non-hydrogen) atoms. The van der Waals surface area contributed by atoms with Crippen molar-refractivity contribution in [2.75, 3.05) is 13.2 Å². The van der Waals surface area contributed by atoms with Crippen molar-refractivity contribution in [3.63, 3.8) is 0 Å². The molecule has 0 spiro atoms. The number of nitrogens with zero attached hydrogens (tertiary/aromatic N) is 3. The largest absolute Gasteiger partial charge is 0.378 e. The topological polar surface area (TPSA) is 69.0 Å². The van der Waals surface area contributed by atoms with Crippen LogP contribution in [0, 0.1) is 11.8 Å². The summed E-state index contributed by atoms with van der Waals surface area (Å²) in [6.07, 6.45) is 3.99. The summed E-state index contributed by atoms with van der Waals surface area (Å²) < 4.78 is 7.45. The van der Waals surface area contributed by atoms with E-state index in [0.29, 0.717) is 24.2 Å². The van der Waals surface area contributed by atoms with Gasteiger partial charge in [-0.05, 0) is 18.8 Å². The summed E-state index contributed by atoms with van der Waals surface area (Å²) in [4.78, 5) is 16.5. The van der Waals surface area contributed by atoms with Gasteiger partial charge >= 0.3 is 0 Å². The van der Waals surface area contributed by atoms with Gasteiger partial charge in [0.1, 0.15) is 12.9 Å². The lowest BCUT2D eigenvalue weighted by Gasteiger charge is -2.34. The van der Waals surface area contributed by atoms with Gasteiger partial charge in [0.15, 0.2) is 5.82 Å². The number of rotatable bonds is 6. The number of hydrogen-bond donors (Lipinski definition) is 1. The standard InChI is InChI=1S/C19H26N4O2/c1-14(2)18-16(9-6-10-25-18)11-20-17(24)12-23-13-21-19(22-23)15-7-4-3-5-8-15/h3-5,7-8,13-14,16,18H,6,9-12H2,1-2H3,(H,20,24)/t16-,18-/m0/s1. The van der Waals surface area contributed by atoms with Crippen LogP contribution < -0.4 is 5.32 Å². The average Bonchev–Trinajstić information content (AvgIpc) is 3.09. The molecule has 3 rings (SSSR count). The monoisotopic (exact) mass is 342 g/mol. The van der Waals surface area contributed by atoms with Crippen LogP contribution in [0.4, 0.5) is 0 Å². The third-order valence-electron chi connectivity index (χ3n) is 4.59. The summed E-state index contributed by atoms with van der Waals surface area (Å²) in [7, 11) is 0. The first-order valence-corrected chi connectivity index (χ1v) is 8.96. The Morgan fingerprint density at radius 2 is 2.16 bits per heavy atom. The highest BCUT2D eigenvalue weighted by molar-refractivity contribution is 5.75. The van der Waals surface area contributed by atoms with Gasteiger partial charge in [0.25, 0.3) is 0 Å². The predicted octanol–water partition coefficient (Wildman–Crippen LogP) is 2.51. The molecule has 0 unspecified atom stereocenters. The predicted molar refractivity (Wildman–Crippen MR) is 95.8 cm³/mol. The zero-order valence-corrected chi connectivity index (χ0v) is 14.9. The minimum Gasteiger partial charge on any atom is -0.378 e. The first-order chi connectivity index (χ1) is 12.1. The van der Waals surface area contributed by atoms with E-state index in [1.807, 2.05) is 30.3 Å². The van der Waals surface area contributed by atoms with Crippen molar-refractivity contribution in [2.24, 2.45) is 11.8 Å². The summed E-state index contributed by atoms with van der Waals surface area (Å²) in [5, 5.41) is 7.41. The number of carbonyl (C=O) groups excluding carboxylic acids is 1. The number of ether oxygens (including phenoxy) is 1. The quantitative estimate of drug-likeness (QED) is 0.876. The van der Waals surface area contributed by atoms with E-state index in [1.165, 1.54) is 0 Å². The molecular weight excluding hydrogens is 316 g/mol. The van der Waals surface area contributed by atoms with Gasteiger partial charge in [0, 0.05) is 24.6 Å². The molecule has 1 amide bonds. The fraction of sp³-hybridized carbons (Fsp3) is 0.526. The van der Waals surface area contributed by atoms with Gasteiger partial charge in [-0.25, -0.2) is 9.67 Å². The Hall–Kier alpha value is -2.21. The molecule has 2 aromatic rings. The first-order valence-electron chi connectivity index (χ1n) is 8.96. The SMILES string of the molecule is CC(C)[C@@H]1OCCC[C@H]1CNC(=O)Cn1cnc(-c2ccccc2)n1. The Labute approximate surface area is 148 Å². The van der Waals surface area contributed by atoms with E-state index in [-0.39, 0.29) is 18.6 Å². The van der Waals surface area contributed by atoms with Crippen LogP contribution in [0.25, 0.3) is 11.4 Å². The summed E-state index contributed by atoms with van der Waals surface area (Å²) in [5.41, 5.74) is 0.945. The Morgan fingerprint density at radius 1 is 1.36 bits per heavy atom. The van der Waals surface area contributed by atoms with E-state index in [1.54, 1.807) is 11.0 Å². The van der Waals surface area contributed by atoms with Gasteiger partial charge < -0.3 is 10.1 Å². The minimum atomic E-state index is -0.0439. The number of hydrogen-bond acceptors (Lipinski definition) is 4. The Bertz CT molecular complexity index is 684. The van der Waals surface area contributed by atoms with Crippen LogP contribution in [-0.2, 0) is 16.1 Å². The highest BCUT2D eigenvalue weighted by Crippen LogP contribution is 2.25. The number of amides is 1. The number of aromatic nitrogens is 3. The van der Waals surface area contributed by atoms with E-state index >= 15 is 0 Å². The van der Waals surface area contributed by atoms with Crippen molar-refractivity contribution in [3.05, 3.63) is 36.7 Å². The molecular formula is C19H26N4O2. The molecule has 134 valence electrons. The number of carbonyl (C=O) groups is 1. The molecule has 2 atom stereocenters. The maximum atomic E-state index is 12.2. The van der Waals surface area contributed by atoms with E-state index < -0.39 is 0 Å². The van der Waals surface area contributed by atoms with Gasteiger partial charge in [0.2, 0.25) is 5.91 Å². The molecule has 0 saturated carbocycles. The van der Waals surface area contributed by atoms with Crippen LogP contribution >= 0.6 is 0 Å². The second kappa shape index (κ2) is 8.25. The lowest BCUT2D eigenvalue weighted by atomic mass is 9.87. The second-order valence-electron chi connectivity index (χ2n) is 6.92. The molecule has 1 saturated heterocycles. The highest BCUT2D eigenvalue weighted by atomic mass is 16.5. The van der Waals surface area contributed by atoms with Crippen molar-refractivity contribution in [2.45, 2.75) is 39.3 Å². The van der Waals surface area contributed by atoms with Crippen molar-refractivity contribution >= 4 is 5.91 Å².